The van der Waals surface area contributed by atoms with Crippen LogP contribution in [0.4, 0.5) is 0 Å². The highest BCUT2D eigenvalue weighted by molar-refractivity contribution is 5.10. The minimum atomic E-state index is 0.164. The largest absolute Gasteiger partial charge is 0.632 e. The van der Waals surface area contributed by atoms with Crippen molar-refractivity contribution in [2.75, 3.05) is 0 Å². The number of hydrogen-bond acceptors (Lipinski definition) is 1. The first-order valence-electron chi connectivity index (χ1n) is 6.47. The molecule has 2 fully saturated rings. The molecule has 2 saturated heterocycles. The first kappa shape index (κ1) is 9.86. The van der Waals surface area contributed by atoms with Crippen LogP contribution in [0.15, 0.2) is 11.6 Å². The van der Waals surface area contributed by atoms with Gasteiger partial charge in [0.05, 0.1) is 12.1 Å². The Morgan fingerprint density at radius 1 is 1.13 bits per heavy atom. The second-order valence-corrected chi connectivity index (χ2v) is 5.72. The predicted octanol–water partition coefficient (Wildman–Crippen LogP) is 3.12. The van der Waals surface area contributed by atoms with E-state index in [0.29, 0.717) is 18.1 Å². The van der Waals surface area contributed by atoms with Crippen molar-refractivity contribution in [1.29, 1.82) is 0 Å². The van der Waals surface area contributed by atoms with E-state index in [1.54, 1.807) is 0 Å². The lowest BCUT2D eigenvalue weighted by molar-refractivity contribution is -0.957. The highest BCUT2D eigenvalue weighted by Gasteiger charge is 2.48. The molecule has 2 heteroatoms. The quantitative estimate of drug-likeness (QED) is 0.340. The highest BCUT2D eigenvalue weighted by Crippen LogP contribution is 2.45. The molecule has 3 heterocycles. The zero-order valence-corrected chi connectivity index (χ0v) is 9.61. The Bertz CT molecular complexity index is 297. The minimum absolute atomic E-state index is 0.164. The molecular weight excluding hydrogens is 186 g/mol. The van der Waals surface area contributed by atoms with Gasteiger partial charge in [-0.2, -0.15) is 0 Å². The molecule has 2 nitrogen and oxygen atoms in total. The van der Waals surface area contributed by atoms with Crippen LogP contribution >= 0.6 is 0 Å². The molecule has 0 bridgehead atoms. The molecule has 4 atom stereocenters. The summed E-state index contributed by atoms with van der Waals surface area (Å²) in [6, 6.07) is 1.15. The maximum Gasteiger partial charge on any atom is 0.108 e. The number of piperidine rings is 2. The van der Waals surface area contributed by atoms with Crippen LogP contribution in [0.5, 0.6) is 0 Å². The Hall–Kier alpha value is -0.340. The van der Waals surface area contributed by atoms with Crippen molar-refractivity contribution in [3.05, 3.63) is 16.9 Å². The topological polar surface area (TPSA) is 23.1 Å². The summed E-state index contributed by atoms with van der Waals surface area (Å²) >= 11 is 0. The van der Waals surface area contributed by atoms with E-state index < -0.39 is 0 Å². The standard InChI is InChI=1S/C13H21NO/c1-10-8-12-6-2-4-11-5-3-7-13(9-10)14(11,12)15/h8,11-13H,2-7,9H2,1H3/t11-,12-,13+,14?/m1/s1. The van der Waals surface area contributed by atoms with Gasteiger partial charge in [0.1, 0.15) is 6.04 Å². The Labute approximate surface area is 92.1 Å². The molecule has 0 amide bonds. The fourth-order valence-electron chi connectivity index (χ4n) is 4.16. The van der Waals surface area contributed by atoms with Crippen LogP contribution in [0, 0.1) is 5.21 Å². The van der Waals surface area contributed by atoms with Crippen LogP contribution in [0.25, 0.3) is 0 Å². The van der Waals surface area contributed by atoms with E-state index >= 15 is 0 Å². The molecule has 15 heavy (non-hydrogen) atoms. The third kappa shape index (κ3) is 1.31. The molecule has 0 aliphatic carbocycles. The summed E-state index contributed by atoms with van der Waals surface area (Å²) in [7, 11) is 0. The highest BCUT2D eigenvalue weighted by atomic mass is 16.6. The smallest absolute Gasteiger partial charge is 0.108 e. The van der Waals surface area contributed by atoms with Crippen LogP contribution in [0.2, 0.25) is 0 Å². The number of hydrogen-bond donors (Lipinski definition) is 0. The van der Waals surface area contributed by atoms with E-state index in [0.717, 1.165) is 12.8 Å². The summed E-state index contributed by atoms with van der Waals surface area (Å²) in [6.07, 6.45) is 10.6. The number of quaternary nitrogens is 1. The average Bonchev–Trinajstić information content (AvgIpc) is 2.19. The van der Waals surface area contributed by atoms with E-state index in [9.17, 15) is 5.21 Å². The first-order valence-corrected chi connectivity index (χ1v) is 6.47. The molecule has 0 N–H and O–H groups in total. The Morgan fingerprint density at radius 2 is 1.80 bits per heavy atom. The van der Waals surface area contributed by atoms with Gasteiger partial charge in [0, 0.05) is 19.3 Å². The monoisotopic (exact) mass is 207 g/mol. The van der Waals surface area contributed by atoms with Gasteiger partial charge in [0.25, 0.3) is 0 Å². The SMILES string of the molecule is CC1=C[C@H]2CCC[C@@H]3CCC[C@@H](C1)[N+]32[O-]. The van der Waals surface area contributed by atoms with Gasteiger partial charge < -0.3 is 9.85 Å². The predicted molar refractivity (Wildman–Crippen MR) is 61.1 cm³/mol. The van der Waals surface area contributed by atoms with Crippen molar-refractivity contribution in [1.82, 2.24) is 0 Å². The molecule has 0 aromatic carbocycles. The van der Waals surface area contributed by atoms with Gasteiger partial charge in [-0.05, 0) is 38.7 Å². The molecule has 0 aromatic heterocycles. The van der Waals surface area contributed by atoms with Crippen molar-refractivity contribution in [2.24, 2.45) is 0 Å². The van der Waals surface area contributed by atoms with Gasteiger partial charge in [0.2, 0.25) is 0 Å². The molecule has 1 unspecified atom stereocenters. The van der Waals surface area contributed by atoms with Gasteiger partial charge in [0.15, 0.2) is 0 Å². The third-order valence-electron chi connectivity index (χ3n) is 4.81. The van der Waals surface area contributed by atoms with Crippen molar-refractivity contribution in [2.45, 2.75) is 70.0 Å². The fourth-order valence-corrected chi connectivity index (χ4v) is 4.16. The molecular formula is C13H21NO. The lowest BCUT2D eigenvalue weighted by Gasteiger charge is -2.63. The molecule has 84 valence electrons. The molecule has 0 aromatic rings. The lowest BCUT2D eigenvalue weighted by atomic mass is 9.79. The Balaban J connectivity index is 2.00. The number of hydroxylamine groups is 3. The summed E-state index contributed by atoms with van der Waals surface area (Å²) in [6.45, 7) is 2.21. The summed E-state index contributed by atoms with van der Waals surface area (Å²) in [4.78, 5) is 0. The van der Waals surface area contributed by atoms with Crippen molar-refractivity contribution in [3.63, 3.8) is 0 Å². The van der Waals surface area contributed by atoms with E-state index in [2.05, 4.69) is 13.0 Å². The van der Waals surface area contributed by atoms with Crippen LogP contribution < -0.4 is 0 Å². The lowest BCUT2D eigenvalue weighted by Crippen LogP contribution is -2.67. The van der Waals surface area contributed by atoms with E-state index in [1.807, 2.05) is 0 Å². The average molecular weight is 207 g/mol. The van der Waals surface area contributed by atoms with Gasteiger partial charge in [-0.25, -0.2) is 0 Å². The summed E-state index contributed by atoms with van der Waals surface area (Å²) in [5.41, 5.74) is 1.47. The molecule has 3 aliphatic rings. The van der Waals surface area contributed by atoms with Gasteiger partial charge >= 0.3 is 0 Å². The molecule has 0 spiro atoms. The zero-order chi connectivity index (χ0) is 10.5. The van der Waals surface area contributed by atoms with Crippen LogP contribution in [-0.4, -0.2) is 22.8 Å². The molecule has 3 rings (SSSR count). The van der Waals surface area contributed by atoms with E-state index in [-0.39, 0.29) is 4.65 Å². The maximum atomic E-state index is 13.1. The second kappa shape index (κ2) is 3.33. The third-order valence-corrected chi connectivity index (χ3v) is 4.81. The zero-order valence-electron chi connectivity index (χ0n) is 9.61. The van der Waals surface area contributed by atoms with Crippen molar-refractivity contribution < 1.29 is 4.65 Å². The maximum absolute atomic E-state index is 13.1. The van der Waals surface area contributed by atoms with E-state index in [1.165, 1.54) is 37.7 Å². The first-order chi connectivity index (χ1) is 7.21. The normalized spacial score (nSPS) is 49.5. The summed E-state index contributed by atoms with van der Waals surface area (Å²) < 4.78 is 0.164. The van der Waals surface area contributed by atoms with Crippen LogP contribution in [-0.2, 0) is 0 Å². The molecule has 0 radical (unpaired) electrons. The Kier molecular flexibility index (Phi) is 2.18. The molecule has 0 saturated carbocycles. The fraction of sp³-hybridized carbons (Fsp3) is 0.846. The second-order valence-electron chi connectivity index (χ2n) is 5.72. The van der Waals surface area contributed by atoms with Crippen LogP contribution in [0.3, 0.4) is 0 Å². The van der Waals surface area contributed by atoms with E-state index in [4.69, 9.17) is 0 Å². The minimum Gasteiger partial charge on any atom is -0.632 e. The van der Waals surface area contributed by atoms with Gasteiger partial charge in [-0.1, -0.05) is 5.57 Å². The number of nitrogens with zero attached hydrogens (tertiary/aromatic N) is 1. The summed E-state index contributed by atoms with van der Waals surface area (Å²) in [5, 5.41) is 13.1. The summed E-state index contributed by atoms with van der Waals surface area (Å²) in [5.74, 6) is 0. The van der Waals surface area contributed by atoms with Crippen molar-refractivity contribution in [3.8, 4) is 0 Å². The van der Waals surface area contributed by atoms with Gasteiger partial charge in [-0.15, -0.1) is 0 Å². The van der Waals surface area contributed by atoms with Crippen molar-refractivity contribution >= 4 is 0 Å². The van der Waals surface area contributed by atoms with Crippen LogP contribution in [0.1, 0.15) is 51.9 Å². The molecule has 3 aliphatic heterocycles. The van der Waals surface area contributed by atoms with Gasteiger partial charge in [-0.3, -0.25) is 0 Å². The number of rotatable bonds is 0. The Morgan fingerprint density at radius 3 is 2.60 bits per heavy atom.